The lowest BCUT2D eigenvalue weighted by atomic mass is 10.2. The average Bonchev–Trinajstić information content (AvgIpc) is 2.96. The van der Waals surface area contributed by atoms with Gasteiger partial charge in [0.05, 0.1) is 27.7 Å². The van der Waals surface area contributed by atoms with Gasteiger partial charge in [0.1, 0.15) is 5.82 Å². The Kier molecular flexibility index (Phi) is 5.57. The highest BCUT2D eigenvalue weighted by Gasteiger charge is 2.35. The maximum absolute atomic E-state index is 13.3. The summed E-state index contributed by atoms with van der Waals surface area (Å²) >= 11 is 1.09. The Labute approximate surface area is 160 Å². The van der Waals surface area contributed by atoms with Gasteiger partial charge in [0.15, 0.2) is 15.0 Å². The number of halogens is 1. The van der Waals surface area contributed by atoms with E-state index in [0.29, 0.717) is 18.5 Å². The zero-order valence-electron chi connectivity index (χ0n) is 14.9. The SMILES string of the molecule is CCN(C(=O)[C@@H](C)Sc1nc2ccc(F)cc2c(=O)[nH]1)[C@@H]1CCS(=O)(=O)C1. The highest BCUT2D eigenvalue weighted by molar-refractivity contribution is 8.00. The van der Waals surface area contributed by atoms with Gasteiger partial charge in [-0.3, -0.25) is 9.59 Å². The number of carbonyl (C=O) groups is 1. The van der Waals surface area contributed by atoms with Crippen LogP contribution in [-0.4, -0.2) is 58.5 Å². The third-order valence-corrected chi connectivity index (χ3v) is 7.28. The molecule has 10 heteroatoms. The van der Waals surface area contributed by atoms with Gasteiger partial charge in [-0.1, -0.05) is 11.8 Å². The summed E-state index contributed by atoms with van der Waals surface area (Å²) in [4.78, 5) is 33.4. The van der Waals surface area contributed by atoms with E-state index in [9.17, 15) is 22.4 Å². The third kappa shape index (κ3) is 4.32. The molecule has 2 aromatic rings. The van der Waals surface area contributed by atoms with Crippen molar-refractivity contribution >= 4 is 38.4 Å². The second kappa shape index (κ2) is 7.59. The highest BCUT2D eigenvalue weighted by atomic mass is 32.2. The molecule has 1 saturated heterocycles. The molecule has 1 aromatic heterocycles. The van der Waals surface area contributed by atoms with Crippen LogP contribution in [0.1, 0.15) is 20.3 Å². The van der Waals surface area contributed by atoms with E-state index >= 15 is 0 Å². The van der Waals surface area contributed by atoms with Crippen molar-refractivity contribution in [1.82, 2.24) is 14.9 Å². The fourth-order valence-electron chi connectivity index (χ4n) is 3.21. The third-order valence-electron chi connectivity index (χ3n) is 4.55. The number of aromatic amines is 1. The number of nitrogens with one attached hydrogen (secondary N) is 1. The molecule has 1 N–H and O–H groups in total. The van der Waals surface area contributed by atoms with Crippen molar-refractivity contribution in [1.29, 1.82) is 0 Å². The number of hydrogen-bond acceptors (Lipinski definition) is 6. The number of fused-ring (bicyclic) bond motifs is 1. The molecule has 0 bridgehead atoms. The highest BCUT2D eigenvalue weighted by Crippen LogP contribution is 2.25. The van der Waals surface area contributed by atoms with Crippen molar-refractivity contribution < 1.29 is 17.6 Å². The van der Waals surface area contributed by atoms with Gasteiger partial charge in [0.2, 0.25) is 5.91 Å². The van der Waals surface area contributed by atoms with Crippen LogP contribution in [0.5, 0.6) is 0 Å². The molecule has 1 aromatic carbocycles. The summed E-state index contributed by atoms with van der Waals surface area (Å²) in [6, 6.07) is 3.43. The minimum Gasteiger partial charge on any atom is -0.338 e. The molecule has 0 unspecified atom stereocenters. The number of nitrogens with zero attached hydrogens (tertiary/aromatic N) is 2. The number of hydrogen-bond donors (Lipinski definition) is 1. The summed E-state index contributed by atoms with van der Waals surface area (Å²) in [5.74, 6) is -0.644. The molecule has 0 radical (unpaired) electrons. The number of rotatable bonds is 5. The first-order chi connectivity index (χ1) is 12.7. The summed E-state index contributed by atoms with van der Waals surface area (Å²) < 4.78 is 36.7. The number of sulfone groups is 1. The number of H-pyrrole nitrogens is 1. The zero-order chi connectivity index (χ0) is 19.8. The minimum absolute atomic E-state index is 0.0133. The Hall–Kier alpha value is -1.94. The number of carbonyl (C=O) groups excluding carboxylic acids is 1. The van der Waals surface area contributed by atoms with Crippen molar-refractivity contribution in [2.24, 2.45) is 0 Å². The van der Waals surface area contributed by atoms with Gasteiger partial charge in [-0.15, -0.1) is 0 Å². The summed E-state index contributed by atoms with van der Waals surface area (Å²) in [6.45, 7) is 3.91. The Morgan fingerprint density at radius 2 is 2.22 bits per heavy atom. The van der Waals surface area contributed by atoms with E-state index in [1.807, 2.05) is 6.92 Å². The van der Waals surface area contributed by atoms with Crippen LogP contribution in [0, 0.1) is 5.82 Å². The molecule has 0 spiro atoms. The van der Waals surface area contributed by atoms with E-state index in [-0.39, 0.29) is 34.0 Å². The molecule has 2 atom stereocenters. The summed E-state index contributed by atoms with van der Waals surface area (Å²) in [7, 11) is -3.09. The molecule has 146 valence electrons. The van der Waals surface area contributed by atoms with Gasteiger partial charge in [-0.2, -0.15) is 0 Å². The molecule has 7 nitrogen and oxygen atoms in total. The Morgan fingerprint density at radius 1 is 1.48 bits per heavy atom. The van der Waals surface area contributed by atoms with Gasteiger partial charge < -0.3 is 9.88 Å². The van der Waals surface area contributed by atoms with E-state index in [4.69, 9.17) is 0 Å². The first-order valence-electron chi connectivity index (χ1n) is 8.57. The topological polar surface area (TPSA) is 100 Å². The Bertz CT molecular complexity index is 1040. The fourth-order valence-corrected chi connectivity index (χ4v) is 5.82. The molecular weight excluding hydrogens is 393 g/mol. The normalized spacial score (nSPS) is 19.9. The summed E-state index contributed by atoms with van der Waals surface area (Å²) in [5.41, 5.74) is -0.132. The smallest absolute Gasteiger partial charge is 0.259 e. The quantitative estimate of drug-likeness (QED) is 0.590. The van der Waals surface area contributed by atoms with Crippen LogP contribution in [0.2, 0.25) is 0 Å². The van der Waals surface area contributed by atoms with Crippen LogP contribution in [0.15, 0.2) is 28.2 Å². The second-order valence-electron chi connectivity index (χ2n) is 6.47. The van der Waals surface area contributed by atoms with E-state index in [1.54, 1.807) is 11.8 Å². The largest absolute Gasteiger partial charge is 0.338 e. The number of benzene rings is 1. The van der Waals surface area contributed by atoms with Crippen molar-refractivity contribution in [3.63, 3.8) is 0 Å². The predicted octanol–water partition coefficient (Wildman–Crippen LogP) is 1.58. The van der Waals surface area contributed by atoms with Crippen molar-refractivity contribution in [2.75, 3.05) is 18.1 Å². The molecule has 2 heterocycles. The van der Waals surface area contributed by atoms with Gasteiger partial charge in [0, 0.05) is 12.6 Å². The maximum atomic E-state index is 13.3. The van der Waals surface area contributed by atoms with Crippen molar-refractivity contribution in [3.8, 4) is 0 Å². The lowest BCUT2D eigenvalue weighted by Crippen LogP contribution is -2.44. The monoisotopic (exact) mass is 413 g/mol. The number of thioether (sulfide) groups is 1. The second-order valence-corrected chi connectivity index (χ2v) is 10.0. The van der Waals surface area contributed by atoms with Crippen LogP contribution in [0.3, 0.4) is 0 Å². The zero-order valence-corrected chi connectivity index (χ0v) is 16.6. The number of aromatic nitrogens is 2. The van der Waals surface area contributed by atoms with E-state index in [2.05, 4.69) is 9.97 Å². The summed E-state index contributed by atoms with van der Waals surface area (Å²) in [6.07, 6.45) is 0.440. The fraction of sp³-hybridized carbons (Fsp3) is 0.471. The van der Waals surface area contributed by atoms with Gasteiger partial charge in [-0.05, 0) is 38.5 Å². The summed E-state index contributed by atoms with van der Waals surface area (Å²) in [5, 5.41) is -0.158. The molecule has 3 rings (SSSR count). The van der Waals surface area contributed by atoms with Gasteiger partial charge in [0.25, 0.3) is 5.56 Å². The first kappa shape index (κ1) is 19.8. The van der Waals surface area contributed by atoms with Gasteiger partial charge in [-0.25, -0.2) is 17.8 Å². The van der Waals surface area contributed by atoms with Gasteiger partial charge >= 0.3 is 0 Å². The maximum Gasteiger partial charge on any atom is 0.259 e. The van der Waals surface area contributed by atoms with Crippen LogP contribution in [0.4, 0.5) is 4.39 Å². The van der Waals surface area contributed by atoms with Crippen LogP contribution < -0.4 is 5.56 Å². The first-order valence-corrected chi connectivity index (χ1v) is 11.3. The molecule has 1 fully saturated rings. The molecule has 0 aliphatic carbocycles. The van der Waals surface area contributed by atoms with Crippen LogP contribution in [-0.2, 0) is 14.6 Å². The Balaban J connectivity index is 1.78. The van der Waals surface area contributed by atoms with Crippen molar-refractivity contribution in [2.45, 2.75) is 36.7 Å². The molecule has 27 heavy (non-hydrogen) atoms. The molecule has 0 saturated carbocycles. The molecule has 1 aliphatic rings. The lowest BCUT2D eigenvalue weighted by Gasteiger charge is -2.29. The standard InChI is InChI=1S/C17H20FN3O4S2/c1-3-21(12-6-7-27(24,25)9-12)16(23)10(2)26-17-19-14-5-4-11(18)8-13(14)15(22)20-17/h4-5,8,10,12H,3,6-7,9H2,1-2H3,(H,19,20,22)/t10-,12-/m1/s1. The molecule has 1 amide bonds. The minimum atomic E-state index is -3.09. The van der Waals surface area contributed by atoms with Crippen LogP contribution in [0.25, 0.3) is 10.9 Å². The predicted molar refractivity (Wildman–Crippen MR) is 102 cm³/mol. The average molecular weight is 413 g/mol. The molecule has 1 aliphatic heterocycles. The number of amides is 1. The Morgan fingerprint density at radius 3 is 2.85 bits per heavy atom. The van der Waals surface area contributed by atoms with E-state index < -0.39 is 26.5 Å². The van der Waals surface area contributed by atoms with E-state index in [1.165, 1.54) is 12.1 Å². The van der Waals surface area contributed by atoms with Crippen molar-refractivity contribution in [3.05, 3.63) is 34.4 Å². The van der Waals surface area contributed by atoms with E-state index in [0.717, 1.165) is 17.8 Å². The van der Waals surface area contributed by atoms with Crippen LogP contribution >= 0.6 is 11.8 Å². The lowest BCUT2D eigenvalue weighted by molar-refractivity contribution is -0.131. The molecular formula is C17H20FN3O4S2.